The molecular weight excluding hydrogens is 200 g/mol. The number of nitrogens with two attached hydrogens (primary N) is 1. The smallest absolute Gasteiger partial charge is 0.0702 e. The molecule has 4 nitrogen and oxygen atoms in total. The van der Waals surface area contributed by atoms with Crippen LogP contribution in [0.4, 0.5) is 0 Å². The SMILES string of the molecule is CNOOSc1cccc([C@H](C)N)c1. The van der Waals surface area contributed by atoms with Gasteiger partial charge in [0.25, 0.3) is 0 Å². The van der Waals surface area contributed by atoms with Gasteiger partial charge in [0.2, 0.25) is 0 Å². The first-order valence-electron chi connectivity index (χ1n) is 4.26. The fraction of sp³-hybridized carbons (Fsp3) is 0.333. The molecule has 14 heavy (non-hydrogen) atoms. The van der Waals surface area contributed by atoms with Crippen LogP contribution in [0, 0.1) is 0 Å². The van der Waals surface area contributed by atoms with Crippen molar-refractivity contribution in [2.45, 2.75) is 17.9 Å². The number of benzene rings is 1. The molecule has 0 bridgehead atoms. The van der Waals surface area contributed by atoms with E-state index >= 15 is 0 Å². The molecule has 0 aliphatic rings. The summed E-state index contributed by atoms with van der Waals surface area (Å²) < 4.78 is 4.77. The van der Waals surface area contributed by atoms with Gasteiger partial charge in [-0.25, -0.2) is 0 Å². The second kappa shape index (κ2) is 6.00. The molecule has 0 aliphatic carbocycles. The molecular formula is C9H14N2O2S. The van der Waals surface area contributed by atoms with Crippen LogP contribution >= 0.6 is 12.0 Å². The molecule has 0 saturated heterocycles. The third-order valence-corrected chi connectivity index (χ3v) is 2.21. The van der Waals surface area contributed by atoms with Crippen LogP contribution in [0.1, 0.15) is 18.5 Å². The molecule has 0 aliphatic heterocycles. The molecule has 78 valence electrons. The molecule has 1 rings (SSSR count). The molecule has 3 N–H and O–H groups in total. The summed E-state index contributed by atoms with van der Waals surface area (Å²) in [7, 11) is 1.62. The van der Waals surface area contributed by atoms with E-state index in [9.17, 15) is 0 Å². The predicted octanol–water partition coefficient (Wildman–Crippen LogP) is 1.80. The van der Waals surface area contributed by atoms with Gasteiger partial charge in [-0.05, 0) is 24.6 Å². The number of hydrogen-bond acceptors (Lipinski definition) is 5. The summed E-state index contributed by atoms with van der Waals surface area (Å²) in [6, 6.07) is 7.84. The molecule has 1 atom stereocenters. The molecule has 0 heterocycles. The van der Waals surface area contributed by atoms with E-state index < -0.39 is 0 Å². The van der Waals surface area contributed by atoms with Crippen LogP contribution < -0.4 is 11.2 Å². The quantitative estimate of drug-likeness (QED) is 0.339. The number of hydrogen-bond donors (Lipinski definition) is 2. The maximum Gasteiger partial charge on any atom is 0.0702 e. The molecule has 0 spiro atoms. The average Bonchev–Trinajstić information content (AvgIpc) is 2.19. The van der Waals surface area contributed by atoms with Gasteiger partial charge >= 0.3 is 0 Å². The van der Waals surface area contributed by atoms with Crippen LogP contribution in [-0.2, 0) is 9.32 Å². The second-order valence-electron chi connectivity index (χ2n) is 2.80. The van der Waals surface area contributed by atoms with Crippen LogP contribution in [0.15, 0.2) is 29.2 Å². The minimum Gasteiger partial charge on any atom is -0.324 e. The highest BCUT2D eigenvalue weighted by Gasteiger charge is 2.01. The van der Waals surface area contributed by atoms with Gasteiger partial charge in [0.15, 0.2) is 0 Å². The number of nitrogens with one attached hydrogen (secondary N) is 1. The lowest BCUT2D eigenvalue weighted by atomic mass is 10.1. The molecule has 0 aromatic heterocycles. The molecule has 1 aromatic carbocycles. The van der Waals surface area contributed by atoms with E-state index in [1.165, 1.54) is 0 Å². The van der Waals surface area contributed by atoms with Crippen molar-refractivity contribution >= 4 is 12.0 Å². The lowest BCUT2D eigenvalue weighted by Crippen LogP contribution is -2.05. The minimum atomic E-state index is 0.0285. The van der Waals surface area contributed by atoms with Gasteiger partial charge < -0.3 is 5.73 Å². The number of hydroxylamine groups is 1. The van der Waals surface area contributed by atoms with E-state index in [1.54, 1.807) is 7.05 Å². The highest BCUT2D eigenvalue weighted by atomic mass is 32.2. The van der Waals surface area contributed by atoms with E-state index in [-0.39, 0.29) is 6.04 Å². The Morgan fingerprint density at radius 2 is 2.29 bits per heavy atom. The highest BCUT2D eigenvalue weighted by Crippen LogP contribution is 2.22. The van der Waals surface area contributed by atoms with Gasteiger partial charge in [-0.3, -0.25) is 0 Å². The van der Waals surface area contributed by atoms with Crippen LogP contribution in [0.2, 0.25) is 0 Å². The van der Waals surface area contributed by atoms with Crippen molar-refractivity contribution in [2.75, 3.05) is 7.05 Å². The molecule has 5 heteroatoms. The van der Waals surface area contributed by atoms with Gasteiger partial charge in [0, 0.05) is 18.0 Å². The fourth-order valence-electron chi connectivity index (χ4n) is 0.940. The lowest BCUT2D eigenvalue weighted by Gasteiger charge is -2.06. The maximum absolute atomic E-state index is 5.74. The minimum absolute atomic E-state index is 0.0285. The van der Waals surface area contributed by atoms with Crippen molar-refractivity contribution in [1.29, 1.82) is 0 Å². The standard InChI is InChI=1S/C9H14N2O2S/c1-7(10)8-4-3-5-9(6-8)14-13-12-11-2/h3-7,11H,10H2,1-2H3/t7-/m0/s1. The van der Waals surface area contributed by atoms with Crippen LogP contribution in [0.5, 0.6) is 0 Å². The Morgan fingerprint density at radius 3 is 2.93 bits per heavy atom. The zero-order chi connectivity index (χ0) is 10.4. The van der Waals surface area contributed by atoms with Crippen LogP contribution in [-0.4, -0.2) is 7.05 Å². The summed E-state index contributed by atoms with van der Waals surface area (Å²) in [5.74, 6) is 0. The maximum atomic E-state index is 5.74. The van der Waals surface area contributed by atoms with Crippen molar-refractivity contribution in [2.24, 2.45) is 5.73 Å². The summed E-state index contributed by atoms with van der Waals surface area (Å²) >= 11 is 1.14. The van der Waals surface area contributed by atoms with Gasteiger partial charge in [0.1, 0.15) is 0 Å². The second-order valence-corrected chi connectivity index (χ2v) is 3.57. The van der Waals surface area contributed by atoms with Crippen molar-refractivity contribution in [1.82, 2.24) is 5.48 Å². The Balaban J connectivity index is 2.55. The van der Waals surface area contributed by atoms with Gasteiger partial charge in [-0.2, -0.15) is 5.48 Å². The third-order valence-electron chi connectivity index (χ3n) is 1.63. The molecule has 0 amide bonds. The van der Waals surface area contributed by atoms with E-state index in [2.05, 4.69) is 10.5 Å². The topological polar surface area (TPSA) is 56.5 Å². The molecule has 0 fully saturated rings. The van der Waals surface area contributed by atoms with Crippen molar-refractivity contribution in [3.63, 3.8) is 0 Å². The van der Waals surface area contributed by atoms with Gasteiger partial charge in [-0.15, -0.1) is 9.32 Å². The van der Waals surface area contributed by atoms with E-state index in [0.29, 0.717) is 0 Å². The first-order chi connectivity index (χ1) is 6.74. The molecule has 0 saturated carbocycles. The predicted molar refractivity (Wildman–Crippen MR) is 56.1 cm³/mol. The normalized spacial score (nSPS) is 12.8. The summed E-state index contributed by atoms with van der Waals surface area (Å²) in [5.41, 5.74) is 9.22. The van der Waals surface area contributed by atoms with E-state index in [0.717, 1.165) is 22.5 Å². The first kappa shape index (κ1) is 11.5. The number of rotatable bonds is 5. The summed E-state index contributed by atoms with van der Waals surface area (Å²) in [5, 5.41) is 0. The fourth-order valence-corrected chi connectivity index (χ4v) is 1.44. The summed E-state index contributed by atoms with van der Waals surface area (Å²) in [4.78, 5) is 5.47. The first-order valence-corrected chi connectivity index (χ1v) is 5.00. The van der Waals surface area contributed by atoms with Crippen molar-refractivity contribution in [3.05, 3.63) is 29.8 Å². The van der Waals surface area contributed by atoms with Crippen LogP contribution in [0.3, 0.4) is 0 Å². The molecule has 0 unspecified atom stereocenters. The zero-order valence-electron chi connectivity index (χ0n) is 8.19. The van der Waals surface area contributed by atoms with Crippen LogP contribution in [0.25, 0.3) is 0 Å². The molecule has 1 aromatic rings. The molecule has 0 radical (unpaired) electrons. The monoisotopic (exact) mass is 214 g/mol. The zero-order valence-corrected chi connectivity index (χ0v) is 9.01. The summed E-state index contributed by atoms with van der Waals surface area (Å²) in [6.07, 6.45) is 0. The van der Waals surface area contributed by atoms with Gasteiger partial charge in [-0.1, -0.05) is 12.1 Å². The summed E-state index contributed by atoms with van der Waals surface area (Å²) in [6.45, 7) is 1.94. The Morgan fingerprint density at radius 1 is 1.50 bits per heavy atom. The Labute approximate surface area is 87.9 Å². The Hall–Kier alpha value is -0.590. The largest absolute Gasteiger partial charge is 0.324 e. The lowest BCUT2D eigenvalue weighted by molar-refractivity contribution is -0.237. The van der Waals surface area contributed by atoms with E-state index in [4.69, 9.17) is 10.1 Å². The van der Waals surface area contributed by atoms with Gasteiger partial charge in [0.05, 0.1) is 12.0 Å². The van der Waals surface area contributed by atoms with E-state index in [1.807, 2.05) is 31.2 Å². The average molecular weight is 214 g/mol. The van der Waals surface area contributed by atoms with Crippen molar-refractivity contribution in [3.8, 4) is 0 Å². The highest BCUT2D eigenvalue weighted by molar-refractivity contribution is 7.94. The Bertz CT molecular complexity index is 281. The Kier molecular flexibility index (Phi) is 4.92. The third kappa shape index (κ3) is 3.65. The van der Waals surface area contributed by atoms with Crippen molar-refractivity contribution < 1.29 is 9.32 Å².